The highest BCUT2D eigenvalue weighted by atomic mass is 79.9. The number of morpholine rings is 1. The van der Waals surface area contributed by atoms with Crippen LogP contribution in [0.2, 0.25) is 0 Å². The minimum Gasteiger partial charge on any atom is -0.493 e. The lowest BCUT2D eigenvalue weighted by molar-refractivity contribution is 0.0357. The van der Waals surface area contributed by atoms with Gasteiger partial charge in [-0.15, -0.1) is 0 Å². The van der Waals surface area contributed by atoms with Gasteiger partial charge in [-0.1, -0.05) is 22.0 Å². The zero-order valence-electron chi connectivity index (χ0n) is 18.1. The number of rotatable bonds is 7. The third kappa shape index (κ3) is 4.40. The molecule has 8 heteroatoms. The molecule has 2 aliphatic rings. The Labute approximate surface area is 196 Å². The van der Waals surface area contributed by atoms with E-state index >= 15 is 0 Å². The number of hydrogen-bond acceptors (Lipinski definition) is 7. The molecule has 168 valence electrons. The molecular formula is C24H27BrN4O3. The fraction of sp³-hybridized carbons (Fsp3) is 0.417. The minimum atomic E-state index is 0.161. The number of halogens is 1. The van der Waals surface area contributed by atoms with Gasteiger partial charge in [0.25, 0.3) is 0 Å². The van der Waals surface area contributed by atoms with Crippen LogP contribution in [0.1, 0.15) is 23.6 Å². The fourth-order valence-corrected chi connectivity index (χ4v) is 4.84. The van der Waals surface area contributed by atoms with Crippen LogP contribution in [0.3, 0.4) is 0 Å². The Morgan fingerprint density at radius 2 is 2.03 bits per heavy atom. The van der Waals surface area contributed by atoms with E-state index in [1.165, 1.54) is 5.56 Å². The van der Waals surface area contributed by atoms with Gasteiger partial charge in [-0.2, -0.15) is 0 Å². The third-order valence-electron chi connectivity index (χ3n) is 6.15. The number of anilines is 1. The largest absolute Gasteiger partial charge is 0.493 e. The van der Waals surface area contributed by atoms with Gasteiger partial charge in [0.05, 0.1) is 38.1 Å². The first kappa shape index (κ1) is 21.4. The monoisotopic (exact) mass is 498 g/mol. The Hall–Kier alpha value is -2.42. The van der Waals surface area contributed by atoms with Gasteiger partial charge >= 0.3 is 0 Å². The summed E-state index contributed by atoms with van der Waals surface area (Å²) in [5, 5.41) is 4.49. The number of nitrogens with zero attached hydrogens (tertiary/aromatic N) is 3. The molecule has 7 nitrogen and oxygen atoms in total. The van der Waals surface area contributed by atoms with E-state index in [1.807, 2.05) is 12.1 Å². The summed E-state index contributed by atoms with van der Waals surface area (Å²) in [6.45, 7) is 6.07. The van der Waals surface area contributed by atoms with Crippen molar-refractivity contribution in [3.8, 4) is 11.5 Å². The highest BCUT2D eigenvalue weighted by Crippen LogP contribution is 2.41. The lowest BCUT2D eigenvalue weighted by Gasteiger charge is -2.26. The maximum Gasteiger partial charge on any atom is 0.163 e. The molecule has 0 saturated carbocycles. The summed E-state index contributed by atoms with van der Waals surface area (Å²) in [6.07, 6.45) is 2.60. The molecular weight excluding hydrogens is 472 g/mol. The molecule has 1 aromatic heterocycles. The number of hydrogen-bond donors (Lipinski definition) is 1. The summed E-state index contributed by atoms with van der Waals surface area (Å²) in [6, 6.07) is 10.3. The molecule has 3 heterocycles. The van der Waals surface area contributed by atoms with Gasteiger partial charge in [-0.3, -0.25) is 4.90 Å². The molecule has 1 N–H and O–H groups in total. The summed E-state index contributed by atoms with van der Waals surface area (Å²) < 4.78 is 18.2. The molecule has 0 radical (unpaired) electrons. The molecule has 32 heavy (non-hydrogen) atoms. The van der Waals surface area contributed by atoms with E-state index in [0.717, 1.165) is 78.3 Å². The van der Waals surface area contributed by atoms with Crippen molar-refractivity contribution < 1.29 is 14.2 Å². The van der Waals surface area contributed by atoms with Crippen molar-refractivity contribution in [1.82, 2.24) is 14.9 Å². The summed E-state index contributed by atoms with van der Waals surface area (Å²) in [5.41, 5.74) is 4.25. The van der Waals surface area contributed by atoms with Gasteiger partial charge in [0, 0.05) is 53.7 Å². The average Bonchev–Trinajstić information content (AvgIpc) is 3.24. The van der Waals surface area contributed by atoms with Crippen molar-refractivity contribution in [2.24, 2.45) is 0 Å². The quantitative estimate of drug-likeness (QED) is 0.492. The predicted octanol–water partition coefficient (Wildman–Crippen LogP) is 4.06. The van der Waals surface area contributed by atoms with Crippen molar-refractivity contribution >= 4 is 32.5 Å². The number of nitrogens with one attached hydrogen (secondary N) is 1. The van der Waals surface area contributed by atoms with Crippen LogP contribution < -0.4 is 14.8 Å². The smallest absolute Gasteiger partial charge is 0.163 e. The van der Waals surface area contributed by atoms with Crippen molar-refractivity contribution in [1.29, 1.82) is 0 Å². The fourth-order valence-electron chi connectivity index (χ4n) is 4.48. The molecule has 1 fully saturated rings. The van der Waals surface area contributed by atoms with Crippen LogP contribution in [0.5, 0.6) is 11.5 Å². The van der Waals surface area contributed by atoms with E-state index < -0.39 is 0 Å². The molecule has 2 aliphatic heterocycles. The number of aromatic nitrogens is 2. The van der Waals surface area contributed by atoms with E-state index in [2.05, 4.69) is 54.3 Å². The topological polar surface area (TPSA) is 68.7 Å². The number of ether oxygens (including phenoxy) is 3. The van der Waals surface area contributed by atoms with E-state index in [1.54, 1.807) is 13.4 Å². The van der Waals surface area contributed by atoms with Crippen LogP contribution in [0, 0.1) is 0 Å². The molecule has 0 aliphatic carbocycles. The second-order valence-corrected chi connectivity index (χ2v) is 9.02. The van der Waals surface area contributed by atoms with Crippen LogP contribution in [0.25, 0.3) is 10.9 Å². The van der Waals surface area contributed by atoms with Gasteiger partial charge in [-0.25, -0.2) is 9.97 Å². The molecule has 5 rings (SSSR count). The lowest BCUT2D eigenvalue weighted by atomic mass is 9.94. The molecule has 1 unspecified atom stereocenters. The highest BCUT2D eigenvalue weighted by molar-refractivity contribution is 9.10. The normalized spacial score (nSPS) is 18.4. The van der Waals surface area contributed by atoms with Crippen LogP contribution in [0.4, 0.5) is 5.69 Å². The molecule has 0 amide bonds. The molecule has 1 saturated heterocycles. The van der Waals surface area contributed by atoms with Crippen molar-refractivity contribution in [2.45, 2.75) is 12.3 Å². The van der Waals surface area contributed by atoms with Gasteiger partial charge in [-0.05, 0) is 30.2 Å². The number of fused-ring (bicyclic) bond motifs is 2. The van der Waals surface area contributed by atoms with Crippen LogP contribution >= 0.6 is 15.9 Å². The molecule has 1 atom stereocenters. The zero-order valence-corrected chi connectivity index (χ0v) is 19.7. The maximum absolute atomic E-state index is 6.10. The number of benzene rings is 2. The second-order valence-electron chi connectivity index (χ2n) is 8.10. The Balaban J connectivity index is 1.36. The lowest BCUT2D eigenvalue weighted by Crippen LogP contribution is -2.37. The summed E-state index contributed by atoms with van der Waals surface area (Å²) in [5.74, 6) is 1.59. The van der Waals surface area contributed by atoms with Crippen molar-refractivity contribution in [3.05, 3.63) is 52.4 Å². The van der Waals surface area contributed by atoms with Crippen molar-refractivity contribution in [3.63, 3.8) is 0 Å². The first-order valence-electron chi connectivity index (χ1n) is 11.0. The summed E-state index contributed by atoms with van der Waals surface area (Å²) in [7, 11) is 1.68. The van der Waals surface area contributed by atoms with E-state index in [-0.39, 0.29) is 5.92 Å². The van der Waals surface area contributed by atoms with Crippen LogP contribution in [-0.4, -0.2) is 68.0 Å². The molecule has 2 aromatic carbocycles. The molecule has 3 aromatic rings. The predicted molar refractivity (Wildman–Crippen MR) is 128 cm³/mol. The SMILES string of the molecule is COc1cc2c(C3CNc4cc(Br)ccc43)ncnc2cc1OCCCN1CCOCC1. The Morgan fingerprint density at radius 1 is 1.16 bits per heavy atom. The van der Waals surface area contributed by atoms with Crippen LogP contribution in [-0.2, 0) is 4.74 Å². The third-order valence-corrected chi connectivity index (χ3v) is 6.64. The Morgan fingerprint density at radius 3 is 2.88 bits per heavy atom. The maximum atomic E-state index is 6.10. The second kappa shape index (κ2) is 9.60. The highest BCUT2D eigenvalue weighted by Gasteiger charge is 2.27. The van der Waals surface area contributed by atoms with E-state index in [9.17, 15) is 0 Å². The molecule has 0 spiro atoms. The first-order chi connectivity index (χ1) is 15.7. The molecule has 0 bridgehead atoms. The zero-order chi connectivity index (χ0) is 21.9. The Bertz CT molecular complexity index is 1100. The summed E-state index contributed by atoms with van der Waals surface area (Å²) >= 11 is 3.55. The van der Waals surface area contributed by atoms with Crippen molar-refractivity contribution in [2.75, 3.05) is 58.4 Å². The van der Waals surface area contributed by atoms with Gasteiger partial charge < -0.3 is 19.5 Å². The first-order valence-corrected chi connectivity index (χ1v) is 11.8. The summed E-state index contributed by atoms with van der Waals surface area (Å²) in [4.78, 5) is 11.6. The van der Waals surface area contributed by atoms with E-state index in [0.29, 0.717) is 12.4 Å². The van der Waals surface area contributed by atoms with Gasteiger partial charge in [0.1, 0.15) is 6.33 Å². The number of methoxy groups -OCH3 is 1. The van der Waals surface area contributed by atoms with Crippen LogP contribution in [0.15, 0.2) is 41.1 Å². The Kier molecular flexibility index (Phi) is 6.43. The van der Waals surface area contributed by atoms with Gasteiger partial charge in [0.2, 0.25) is 0 Å². The average molecular weight is 499 g/mol. The standard InChI is InChI=1S/C24H27BrN4O3/c1-30-22-12-18-21(13-23(22)32-8-2-5-29-6-9-31-10-7-29)27-15-28-24(18)19-14-26-20-11-16(25)3-4-17(19)20/h3-4,11-13,15,19,26H,2,5-10,14H2,1H3. The minimum absolute atomic E-state index is 0.161. The van der Waals surface area contributed by atoms with E-state index in [4.69, 9.17) is 14.2 Å². The van der Waals surface area contributed by atoms with Gasteiger partial charge in [0.15, 0.2) is 11.5 Å².